The van der Waals surface area contributed by atoms with Crippen molar-refractivity contribution >= 4 is 17.2 Å². The molecule has 5 heteroatoms. The molecule has 0 spiro atoms. The number of amides is 1. The smallest absolute Gasteiger partial charge is 0.228 e. The zero-order valence-corrected chi connectivity index (χ0v) is 16.2. The predicted molar refractivity (Wildman–Crippen MR) is 103 cm³/mol. The average Bonchev–Trinajstić information content (AvgIpc) is 3.01. The van der Waals surface area contributed by atoms with Gasteiger partial charge < -0.3 is 4.90 Å². The van der Waals surface area contributed by atoms with Gasteiger partial charge in [-0.2, -0.15) is 0 Å². The molecule has 1 saturated heterocycles. The van der Waals surface area contributed by atoms with E-state index in [0.717, 1.165) is 43.4 Å². The molecule has 2 heterocycles. The molecule has 1 aromatic heterocycles. The van der Waals surface area contributed by atoms with Crippen molar-refractivity contribution in [2.24, 2.45) is 0 Å². The van der Waals surface area contributed by atoms with Crippen molar-refractivity contribution in [1.29, 1.82) is 0 Å². The summed E-state index contributed by atoms with van der Waals surface area (Å²) in [6.45, 7) is 10.9. The summed E-state index contributed by atoms with van der Waals surface area (Å²) in [5.41, 5.74) is 3.64. The minimum atomic E-state index is 0.200. The van der Waals surface area contributed by atoms with Crippen molar-refractivity contribution in [3.63, 3.8) is 0 Å². The van der Waals surface area contributed by atoms with Crippen LogP contribution < -0.4 is 0 Å². The maximum absolute atomic E-state index is 12.4. The molecule has 1 aliphatic heterocycles. The van der Waals surface area contributed by atoms with Crippen LogP contribution in [0.2, 0.25) is 0 Å². The lowest BCUT2D eigenvalue weighted by atomic mass is 10.0. The van der Waals surface area contributed by atoms with Crippen LogP contribution in [0.4, 0.5) is 0 Å². The van der Waals surface area contributed by atoms with Gasteiger partial charge in [0.15, 0.2) is 0 Å². The molecule has 0 aliphatic carbocycles. The summed E-state index contributed by atoms with van der Waals surface area (Å²) < 4.78 is 0. The van der Waals surface area contributed by atoms with E-state index in [1.54, 1.807) is 11.3 Å². The first-order chi connectivity index (χ1) is 12.0. The molecule has 4 nitrogen and oxygen atoms in total. The zero-order valence-electron chi connectivity index (χ0n) is 15.4. The molecule has 25 heavy (non-hydrogen) atoms. The minimum Gasteiger partial charge on any atom is -0.340 e. The molecule has 0 radical (unpaired) electrons. The van der Waals surface area contributed by atoms with Crippen LogP contribution in [0.3, 0.4) is 0 Å². The summed E-state index contributed by atoms with van der Waals surface area (Å²) in [5.74, 6) is 0.774. The lowest BCUT2D eigenvalue weighted by Crippen LogP contribution is -2.48. The van der Waals surface area contributed by atoms with Gasteiger partial charge in [0.25, 0.3) is 0 Å². The van der Waals surface area contributed by atoms with Crippen LogP contribution in [0.15, 0.2) is 29.6 Å². The van der Waals surface area contributed by atoms with Crippen molar-refractivity contribution in [3.05, 3.63) is 51.5 Å². The number of carbonyl (C=O) groups excluding carboxylic acids is 1. The standard InChI is InChI=1S/C20H27N3OS/c1-15(2)18-6-4-17(5-7-18)13-22-8-10-23(11-9-22)20(24)12-19-14-25-16(3)21-19/h4-7,14-15H,8-13H2,1-3H3. The second-order valence-corrected chi connectivity index (χ2v) is 8.15. The van der Waals surface area contributed by atoms with Crippen molar-refractivity contribution in [1.82, 2.24) is 14.8 Å². The SMILES string of the molecule is Cc1nc(CC(=O)N2CCN(Cc3ccc(C(C)C)cc3)CC2)cs1. The fourth-order valence-electron chi connectivity index (χ4n) is 3.18. The Morgan fingerprint density at radius 1 is 1.16 bits per heavy atom. The van der Waals surface area contributed by atoms with Gasteiger partial charge in [-0.15, -0.1) is 11.3 Å². The number of piperazine rings is 1. The fraction of sp³-hybridized carbons (Fsp3) is 0.500. The highest BCUT2D eigenvalue weighted by atomic mass is 32.1. The van der Waals surface area contributed by atoms with E-state index in [1.807, 2.05) is 17.2 Å². The number of nitrogens with zero attached hydrogens (tertiary/aromatic N) is 3. The number of benzene rings is 1. The molecule has 2 aromatic rings. The molecule has 1 aliphatic rings. The highest BCUT2D eigenvalue weighted by Crippen LogP contribution is 2.16. The highest BCUT2D eigenvalue weighted by Gasteiger charge is 2.21. The van der Waals surface area contributed by atoms with E-state index in [0.29, 0.717) is 12.3 Å². The summed E-state index contributed by atoms with van der Waals surface area (Å²) in [6.07, 6.45) is 0.432. The molecular weight excluding hydrogens is 330 g/mol. The maximum atomic E-state index is 12.4. The summed E-state index contributed by atoms with van der Waals surface area (Å²) in [4.78, 5) is 21.2. The molecule has 1 aromatic carbocycles. The largest absolute Gasteiger partial charge is 0.340 e. The monoisotopic (exact) mass is 357 g/mol. The number of aromatic nitrogens is 1. The van der Waals surface area contributed by atoms with Crippen LogP contribution in [0.25, 0.3) is 0 Å². The van der Waals surface area contributed by atoms with Gasteiger partial charge in [0, 0.05) is 38.1 Å². The zero-order chi connectivity index (χ0) is 17.8. The van der Waals surface area contributed by atoms with Crippen LogP contribution in [-0.2, 0) is 17.8 Å². The van der Waals surface area contributed by atoms with Crippen LogP contribution in [-0.4, -0.2) is 46.9 Å². The summed E-state index contributed by atoms with van der Waals surface area (Å²) in [7, 11) is 0. The lowest BCUT2D eigenvalue weighted by Gasteiger charge is -2.34. The molecular formula is C20H27N3OS. The van der Waals surface area contributed by atoms with E-state index in [1.165, 1.54) is 11.1 Å². The number of aryl methyl sites for hydroxylation is 1. The third kappa shape index (κ3) is 4.89. The number of hydrogen-bond acceptors (Lipinski definition) is 4. The van der Waals surface area contributed by atoms with E-state index in [-0.39, 0.29) is 5.91 Å². The average molecular weight is 358 g/mol. The fourth-order valence-corrected chi connectivity index (χ4v) is 3.79. The topological polar surface area (TPSA) is 36.4 Å². The Morgan fingerprint density at radius 3 is 2.40 bits per heavy atom. The van der Waals surface area contributed by atoms with Gasteiger partial charge in [0.05, 0.1) is 17.1 Å². The number of rotatable bonds is 5. The van der Waals surface area contributed by atoms with Crippen LogP contribution in [0.5, 0.6) is 0 Å². The minimum absolute atomic E-state index is 0.200. The Balaban J connectivity index is 1.47. The number of hydrogen-bond donors (Lipinski definition) is 0. The van der Waals surface area contributed by atoms with E-state index in [9.17, 15) is 4.79 Å². The molecule has 134 valence electrons. The van der Waals surface area contributed by atoms with Crippen LogP contribution in [0, 0.1) is 6.92 Å². The molecule has 1 amide bonds. The van der Waals surface area contributed by atoms with Gasteiger partial charge in [-0.25, -0.2) is 4.98 Å². The summed E-state index contributed by atoms with van der Waals surface area (Å²) >= 11 is 1.61. The first kappa shape index (κ1) is 18.1. The van der Waals surface area contributed by atoms with E-state index in [2.05, 4.69) is 48.0 Å². The van der Waals surface area contributed by atoms with Gasteiger partial charge in [-0.1, -0.05) is 38.1 Å². The third-order valence-corrected chi connectivity index (χ3v) is 5.60. The van der Waals surface area contributed by atoms with Gasteiger partial charge in [-0.3, -0.25) is 9.69 Å². The van der Waals surface area contributed by atoms with Gasteiger partial charge >= 0.3 is 0 Å². The molecule has 0 atom stereocenters. The van der Waals surface area contributed by atoms with E-state index < -0.39 is 0 Å². The van der Waals surface area contributed by atoms with Crippen molar-refractivity contribution in [3.8, 4) is 0 Å². The van der Waals surface area contributed by atoms with Crippen molar-refractivity contribution in [2.75, 3.05) is 26.2 Å². The Morgan fingerprint density at radius 2 is 1.84 bits per heavy atom. The van der Waals surface area contributed by atoms with Crippen LogP contribution >= 0.6 is 11.3 Å². The molecule has 0 unspecified atom stereocenters. The quantitative estimate of drug-likeness (QED) is 0.822. The van der Waals surface area contributed by atoms with Gasteiger partial charge in [-0.05, 0) is 24.0 Å². The Kier molecular flexibility index (Phi) is 5.86. The molecule has 0 saturated carbocycles. The van der Waals surface area contributed by atoms with E-state index >= 15 is 0 Å². The highest BCUT2D eigenvalue weighted by molar-refractivity contribution is 7.09. The summed E-state index contributed by atoms with van der Waals surface area (Å²) in [6, 6.07) is 8.93. The second kappa shape index (κ2) is 8.11. The van der Waals surface area contributed by atoms with Crippen molar-refractivity contribution in [2.45, 2.75) is 39.7 Å². The molecule has 0 N–H and O–H groups in total. The number of thiazole rings is 1. The lowest BCUT2D eigenvalue weighted by molar-refractivity contribution is -0.132. The third-order valence-electron chi connectivity index (χ3n) is 4.78. The van der Waals surface area contributed by atoms with E-state index in [4.69, 9.17) is 0 Å². The Hall–Kier alpha value is -1.72. The molecule has 3 rings (SSSR count). The first-order valence-electron chi connectivity index (χ1n) is 9.01. The Bertz CT molecular complexity index is 700. The predicted octanol–water partition coefficient (Wildman–Crippen LogP) is 3.46. The second-order valence-electron chi connectivity index (χ2n) is 7.09. The first-order valence-corrected chi connectivity index (χ1v) is 9.89. The Labute approximate surface area is 154 Å². The molecule has 0 bridgehead atoms. The van der Waals surface area contributed by atoms with Gasteiger partial charge in [0.2, 0.25) is 5.91 Å². The molecule has 1 fully saturated rings. The number of carbonyl (C=O) groups is 1. The normalized spacial score (nSPS) is 15.8. The summed E-state index contributed by atoms with van der Waals surface area (Å²) in [5, 5.41) is 3.01. The van der Waals surface area contributed by atoms with Crippen LogP contribution in [0.1, 0.15) is 41.6 Å². The van der Waals surface area contributed by atoms with Gasteiger partial charge in [0.1, 0.15) is 0 Å². The maximum Gasteiger partial charge on any atom is 0.228 e. The van der Waals surface area contributed by atoms with Crippen molar-refractivity contribution < 1.29 is 4.79 Å².